The van der Waals surface area contributed by atoms with Crippen molar-refractivity contribution in [3.8, 4) is 0 Å². The van der Waals surface area contributed by atoms with Gasteiger partial charge in [0.05, 0.1) is 4.47 Å². The summed E-state index contributed by atoms with van der Waals surface area (Å²) >= 11 is 4.45. The number of halogens is 2. The average molecular weight is 445 g/mol. The molecule has 1 saturated heterocycles. The van der Waals surface area contributed by atoms with Gasteiger partial charge < -0.3 is 20.7 Å². The summed E-state index contributed by atoms with van der Waals surface area (Å²) < 4.78 is 18.4. The van der Waals surface area contributed by atoms with E-state index in [-0.39, 0.29) is 27.3 Å². The molecule has 138 valence electrons. The minimum Gasteiger partial charge on any atom is -0.409 e. The maximum Gasteiger partial charge on any atom is 0.317 e. The van der Waals surface area contributed by atoms with Gasteiger partial charge in [0.1, 0.15) is 5.82 Å². The monoisotopic (exact) mass is 444 g/mol. The number of carbonyl (C=O) groups excluding carboxylic acids is 1. The van der Waals surface area contributed by atoms with Gasteiger partial charge in [-0.25, -0.2) is 13.8 Å². The van der Waals surface area contributed by atoms with E-state index in [2.05, 4.69) is 42.0 Å². The zero-order chi connectivity index (χ0) is 18.7. The fraction of sp³-hybridized carbons (Fsp3) is 0.286. The van der Waals surface area contributed by atoms with Gasteiger partial charge in [-0.3, -0.25) is 0 Å². The van der Waals surface area contributed by atoms with E-state index >= 15 is 0 Å². The molecule has 1 fully saturated rings. The number of nitrogens with zero attached hydrogens (tertiary/aromatic N) is 4. The molecule has 0 spiro atoms. The number of carbonyl (C=O) groups is 1. The number of hydrogen-bond acceptors (Lipinski definition) is 7. The number of rotatable bonds is 4. The van der Waals surface area contributed by atoms with Crippen LogP contribution >= 0.6 is 27.7 Å². The number of amidine groups is 1. The molecule has 0 radical (unpaired) electrons. The average Bonchev–Trinajstić information content (AvgIpc) is 3.06. The topological polar surface area (TPSA) is 116 Å². The quantitative estimate of drug-likeness (QED) is 0.286. The Hall–Kier alpha value is -2.34. The second-order valence-corrected chi connectivity index (χ2v) is 7.46. The molecule has 1 aromatic carbocycles. The lowest BCUT2D eigenvalue weighted by molar-refractivity contribution is 0.173. The molecular weight excluding hydrogens is 431 g/mol. The number of oxime groups is 1. The molecule has 2 heterocycles. The Morgan fingerprint density at radius 3 is 2.92 bits per heavy atom. The number of nitrogens with one attached hydrogen (secondary N) is 2. The van der Waals surface area contributed by atoms with Gasteiger partial charge in [-0.15, -0.1) is 0 Å². The summed E-state index contributed by atoms with van der Waals surface area (Å²) in [6, 6.07) is 4.11. The molecule has 3 rings (SSSR count). The third kappa shape index (κ3) is 3.90. The maximum absolute atomic E-state index is 13.3. The first-order valence-corrected chi connectivity index (χ1v) is 9.09. The highest BCUT2D eigenvalue weighted by Gasteiger charge is 2.33. The van der Waals surface area contributed by atoms with Crippen LogP contribution in [-0.2, 0) is 0 Å². The molecule has 1 aliphatic rings. The number of anilines is 1. The highest BCUT2D eigenvalue weighted by Crippen LogP contribution is 2.31. The number of aromatic nitrogens is 2. The van der Waals surface area contributed by atoms with Crippen LogP contribution in [0, 0.1) is 5.82 Å². The first-order valence-electron chi connectivity index (χ1n) is 7.42. The number of thioether (sulfide) groups is 1. The molecule has 1 aromatic heterocycles. The second-order valence-electron chi connectivity index (χ2n) is 5.32. The van der Waals surface area contributed by atoms with E-state index in [0.717, 1.165) is 0 Å². The predicted molar refractivity (Wildman–Crippen MR) is 96.0 cm³/mol. The van der Waals surface area contributed by atoms with E-state index in [0.29, 0.717) is 23.8 Å². The van der Waals surface area contributed by atoms with E-state index in [1.807, 2.05) is 0 Å². The molecule has 1 aliphatic heterocycles. The number of benzene rings is 1. The molecule has 0 atom stereocenters. The minimum atomic E-state index is -0.414. The Balaban J connectivity index is 1.68. The van der Waals surface area contributed by atoms with Gasteiger partial charge in [-0.2, -0.15) is 0 Å². The van der Waals surface area contributed by atoms with Crippen LogP contribution in [0.2, 0.25) is 0 Å². The third-order valence-corrected chi connectivity index (χ3v) is 5.32. The van der Waals surface area contributed by atoms with Crippen LogP contribution in [0.25, 0.3) is 0 Å². The third-order valence-electron chi connectivity index (χ3n) is 3.59. The fourth-order valence-corrected chi connectivity index (χ4v) is 3.76. The van der Waals surface area contributed by atoms with Crippen LogP contribution in [0.1, 0.15) is 5.69 Å². The van der Waals surface area contributed by atoms with Gasteiger partial charge in [0.2, 0.25) is 5.84 Å². The molecule has 0 aliphatic carbocycles. The highest BCUT2D eigenvalue weighted by atomic mass is 79.9. The molecule has 0 saturated carbocycles. The molecule has 26 heavy (non-hydrogen) atoms. The van der Waals surface area contributed by atoms with Crippen LogP contribution in [-0.4, -0.2) is 57.7 Å². The standard InChI is InChI=1S/C14H14BrFN6O3S/c1-17-14(23)22-5-8(6-22)26-13-11(20-25-21-13)12(19-24)18-7-2-3-10(16)9(15)4-7/h2-4,8,24H,5-6H2,1H3,(H,17,23)(H,18,19). The Bertz CT molecular complexity index is 842. The van der Waals surface area contributed by atoms with E-state index < -0.39 is 5.82 Å². The zero-order valence-electron chi connectivity index (χ0n) is 13.4. The van der Waals surface area contributed by atoms with Gasteiger partial charge >= 0.3 is 6.03 Å². The second kappa shape index (κ2) is 7.91. The van der Waals surface area contributed by atoms with Crippen molar-refractivity contribution in [3.05, 3.63) is 34.2 Å². The van der Waals surface area contributed by atoms with Crippen LogP contribution in [0.4, 0.5) is 14.9 Å². The summed E-state index contributed by atoms with van der Waals surface area (Å²) in [6.07, 6.45) is 0. The van der Waals surface area contributed by atoms with E-state index in [9.17, 15) is 14.4 Å². The first kappa shape index (κ1) is 18.5. The normalized spacial score (nSPS) is 14.9. The molecule has 9 nitrogen and oxygen atoms in total. The number of likely N-dealkylation sites (tertiary alicyclic amines) is 1. The maximum atomic E-state index is 13.3. The minimum absolute atomic E-state index is 0.00902. The summed E-state index contributed by atoms with van der Waals surface area (Å²) in [5.41, 5.74) is 0.704. The smallest absolute Gasteiger partial charge is 0.317 e. The number of urea groups is 1. The van der Waals surface area contributed by atoms with Gasteiger partial charge in [-0.05, 0) is 44.4 Å². The summed E-state index contributed by atoms with van der Waals surface area (Å²) in [4.78, 5) is 13.1. The van der Waals surface area contributed by atoms with Crippen molar-refractivity contribution in [1.29, 1.82) is 0 Å². The molecule has 0 bridgehead atoms. The van der Waals surface area contributed by atoms with E-state index in [1.165, 1.54) is 30.0 Å². The van der Waals surface area contributed by atoms with Crippen LogP contribution in [0.5, 0.6) is 0 Å². The Kier molecular flexibility index (Phi) is 5.61. The summed E-state index contributed by atoms with van der Waals surface area (Å²) in [6.45, 7) is 1.11. The SMILES string of the molecule is CNC(=O)N1CC(Sc2nonc2C(=NO)Nc2ccc(F)c(Br)c2)C1. The highest BCUT2D eigenvalue weighted by molar-refractivity contribution is 9.10. The fourth-order valence-electron chi connectivity index (χ4n) is 2.24. The summed E-state index contributed by atoms with van der Waals surface area (Å²) in [5, 5.41) is 26.0. The molecule has 2 amide bonds. The van der Waals surface area contributed by atoms with Crippen molar-refractivity contribution < 1.29 is 19.0 Å². The number of amides is 2. The lowest BCUT2D eigenvalue weighted by atomic mass is 10.2. The summed E-state index contributed by atoms with van der Waals surface area (Å²) in [5.74, 6) is -0.405. The van der Waals surface area contributed by atoms with Crippen LogP contribution in [0.3, 0.4) is 0 Å². The van der Waals surface area contributed by atoms with Gasteiger partial charge in [0.25, 0.3) is 0 Å². The van der Waals surface area contributed by atoms with Crippen LogP contribution in [0.15, 0.2) is 37.5 Å². The van der Waals surface area contributed by atoms with Crippen molar-refractivity contribution in [3.63, 3.8) is 0 Å². The van der Waals surface area contributed by atoms with Crippen molar-refractivity contribution in [2.75, 3.05) is 25.5 Å². The Morgan fingerprint density at radius 1 is 1.50 bits per heavy atom. The van der Waals surface area contributed by atoms with Crippen LogP contribution < -0.4 is 10.6 Å². The predicted octanol–water partition coefficient (Wildman–Crippen LogP) is 2.33. The van der Waals surface area contributed by atoms with Gasteiger partial charge in [-0.1, -0.05) is 16.9 Å². The molecule has 0 unspecified atom stereocenters. The van der Waals surface area contributed by atoms with Crippen molar-refractivity contribution >= 4 is 45.2 Å². The lowest BCUT2D eigenvalue weighted by Crippen LogP contribution is -2.54. The number of hydrogen-bond donors (Lipinski definition) is 3. The van der Waals surface area contributed by atoms with E-state index in [4.69, 9.17) is 4.63 Å². The Labute approximate surface area is 160 Å². The molecule has 2 aromatic rings. The molecular formula is C14H14BrFN6O3S. The van der Waals surface area contributed by atoms with Gasteiger partial charge in [0.15, 0.2) is 10.7 Å². The van der Waals surface area contributed by atoms with E-state index in [1.54, 1.807) is 11.9 Å². The largest absolute Gasteiger partial charge is 0.409 e. The first-order chi connectivity index (χ1) is 12.5. The van der Waals surface area contributed by atoms with Crippen molar-refractivity contribution in [2.45, 2.75) is 10.3 Å². The lowest BCUT2D eigenvalue weighted by Gasteiger charge is -2.37. The molecule has 12 heteroatoms. The molecule has 3 N–H and O–H groups in total. The Morgan fingerprint density at radius 2 is 2.27 bits per heavy atom. The van der Waals surface area contributed by atoms with Gasteiger partial charge in [0, 0.05) is 31.1 Å². The van der Waals surface area contributed by atoms with Crippen molar-refractivity contribution in [2.24, 2.45) is 5.16 Å². The summed E-state index contributed by atoms with van der Waals surface area (Å²) in [7, 11) is 1.58. The van der Waals surface area contributed by atoms with Crippen molar-refractivity contribution in [1.82, 2.24) is 20.5 Å². The zero-order valence-corrected chi connectivity index (χ0v) is 15.8.